The van der Waals surface area contributed by atoms with Crippen molar-refractivity contribution in [2.45, 2.75) is 62.8 Å². The van der Waals surface area contributed by atoms with E-state index in [9.17, 15) is 8.42 Å². The van der Waals surface area contributed by atoms with Gasteiger partial charge < -0.3 is 14.4 Å². The van der Waals surface area contributed by atoms with Crippen molar-refractivity contribution in [2.24, 2.45) is 0 Å². The summed E-state index contributed by atoms with van der Waals surface area (Å²) < 4.78 is 39.9. The highest BCUT2D eigenvalue weighted by Crippen LogP contribution is 2.36. The van der Waals surface area contributed by atoms with E-state index in [0.29, 0.717) is 32.1 Å². The van der Waals surface area contributed by atoms with Gasteiger partial charge >= 0.3 is 0 Å². The Balaban J connectivity index is 1.27. The smallest absolute Gasteiger partial charge is 0.209 e. The van der Waals surface area contributed by atoms with E-state index >= 15 is 0 Å². The molecule has 1 saturated carbocycles. The average Bonchev–Trinajstić information content (AvgIpc) is 3.32. The lowest BCUT2D eigenvalue weighted by atomic mass is 9.83. The van der Waals surface area contributed by atoms with Crippen LogP contribution in [0.25, 0.3) is 0 Å². The van der Waals surface area contributed by atoms with Crippen molar-refractivity contribution in [1.82, 2.24) is 9.71 Å². The lowest BCUT2D eigenvalue weighted by molar-refractivity contribution is 0.0156. The van der Waals surface area contributed by atoms with Crippen LogP contribution in [-0.2, 0) is 21.4 Å². The Labute approximate surface area is 226 Å². The highest BCUT2D eigenvalue weighted by molar-refractivity contribution is 7.88. The van der Waals surface area contributed by atoms with Gasteiger partial charge in [0.15, 0.2) is 0 Å². The largest absolute Gasteiger partial charge is 0.487 e. The minimum atomic E-state index is -3.36. The van der Waals surface area contributed by atoms with Crippen molar-refractivity contribution < 1.29 is 17.9 Å². The number of hydrogen-bond acceptors (Lipinski definition) is 6. The zero-order valence-electron chi connectivity index (χ0n) is 21.9. The van der Waals surface area contributed by atoms with Crippen LogP contribution in [0.4, 0.5) is 5.69 Å². The number of nitrogens with one attached hydrogen (secondary N) is 1. The summed E-state index contributed by atoms with van der Waals surface area (Å²) in [5.41, 5.74) is 3.35. The Hall–Kier alpha value is -2.94. The third-order valence-corrected chi connectivity index (χ3v) is 8.40. The SMILES string of the molecule is CS(=O)(=O)N[C@H]1CCN(c2cnccc2OCc2ccccc2)[C@H]1COC1CCC(c2ccccc2)CC1. The molecule has 2 fully saturated rings. The van der Waals surface area contributed by atoms with E-state index in [2.05, 4.69) is 44.9 Å². The van der Waals surface area contributed by atoms with Gasteiger partial charge in [0.05, 0.1) is 36.9 Å². The van der Waals surface area contributed by atoms with Gasteiger partial charge in [-0.25, -0.2) is 13.1 Å². The summed E-state index contributed by atoms with van der Waals surface area (Å²) >= 11 is 0. The molecule has 5 rings (SSSR count). The maximum atomic E-state index is 12.2. The van der Waals surface area contributed by atoms with Crippen LogP contribution in [0, 0.1) is 0 Å². The normalized spacial score (nSPS) is 23.9. The van der Waals surface area contributed by atoms with Crippen LogP contribution in [0.5, 0.6) is 5.75 Å². The molecule has 1 N–H and O–H groups in total. The van der Waals surface area contributed by atoms with Crippen LogP contribution in [0.15, 0.2) is 79.1 Å². The lowest BCUT2D eigenvalue weighted by Gasteiger charge is -2.34. The van der Waals surface area contributed by atoms with Crippen molar-refractivity contribution in [3.8, 4) is 5.75 Å². The summed E-state index contributed by atoms with van der Waals surface area (Å²) in [6.07, 6.45) is 9.85. The molecule has 1 aliphatic heterocycles. The maximum absolute atomic E-state index is 12.2. The molecule has 2 aromatic carbocycles. The topological polar surface area (TPSA) is 80.8 Å². The molecule has 202 valence electrons. The molecule has 2 atom stereocenters. The Morgan fingerprint density at radius 2 is 1.66 bits per heavy atom. The van der Waals surface area contributed by atoms with Crippen molar-refractivity contribution in [2.75, 3.05) is 24.3 Å². The monoisotopic (exact) mass is 535 g/mol. The molecule has 1 saturated heterocycles. The van der Waals surface area contributed by atoms with Crippen LogP contribution in [0.2, 0.25) is 0 Å². The first-order chi connectivity index (χ1) is 18.5. The third kappa shape index (κ3) is 6.92. The molecule has 38 heavy (non-hydrogen) atoms. The molecule has 1 aromatic heterocycles. The van der Waals surface area contributed by atoms with E-state index in [-0.39, 0.29) is 18.2 Å². The van der Waals surface area contributed by atoms with Gasteiger partial charge in [-0.1, -0.05) is 60.7 Å². The predicted octanol–water partition coefficient (Wildman–Crippen LogP) is 4.90. The molecule has 0 amide bonds. The number of hydrogen-bond donors (Lipinski definition) is 1. The number of rotatable bonds is 10. The second kappa shape index (κ2) is 12.3. The first kappa shape index (κ1) is 26.7. The van der Waals surface area contributed by atoms with Crippen molar-refractivity contribution in [3.63, 3.8) is 0 Å². The van der Waals surface area contributed by atoms with Crippen LogP contribution in [0.3, 0.4) is 0 Å². The fraction of sp³-hybridized carbons (Fsp3) is 0.433. The highest BCUT2D eigenvalue weighted by atomic mass is 32.2. The molecule has 0 spiro atoms. The second-order valence-corrected chi connectivity index (χ2v) is 12.2. The molecule has 0 radical (unpaired) electrons. The number of pyridine rings is 1. The molecule has 0 unspecified atom stereocenters. The first-order valence-corrected chi connectivity index (χ1v) is 15.4. The van der Waals surface area contributed by atoms with Gasteiger partial charge in [-0.2, -0.15) is 0 Å². The number of ether oxygens (including phenoxy) is 2. The summed E-state index contributed by atoms with van der Waals surface area (Å²) in [6.45, 7) is 1.58. The number of aromatic nitrogens is 1. The van der Waals surface area contributed by atoms with Crippen LogP contribution in [-0.4, -0.2) is 51.0 Å². The Morgan fingerprint density at radius 1 is 0.947 bits per heavy atom. The number of nitrogens with zero attached hydrogens (tertiary/aromatic N) is 2. The number of benzene rings is 2. The van der Waals surface area contributed by atoms with Crippen molar-refractivity contribution in [1.29, 1.82) is 0 Å². The molecular formula is C30H37N3O4S. The average molecular weight is 536 g/mol. The number of sulfonamides is 1. The molecule has 8 heteroatoms. The number of anilines is 1. The maximum Gasteiger partial charge on any atom is 0.209 e. The molecule has 1 aliphatic carbocycles. The summed E-state index contributed by atoms with van der Waals surface area (Å²) in [7, 11) is -3.36. The molecule has 3 aromatic rings. The zero-order valence-corrected chi connectivity index (χ0v) is 22.7. The second-order valence-electron chi connectivity index (χ2n) is 10.4. The van der Waals surface area contributed by atoms with E-state index in [1.165, 1.54) is 11.8 Å². The van der Waals surface area contributed by atoms with Crippen molar-refractivity contribution in [3.05, 3.63) is 90.3 Å². The Morgan fingerprint density at radius 3 is 2.37 bits per heavy atom. The van der Waals surface area contributed by atoms with Crippen LogP contribution in [0.1, 0.15) is 49.1 Å². The van der Waals surface area contributed by atoms with Gasteiger partial charge in [-0.05, 0) is 49.1 Å². The molecule has 0 bridgehead atoms. The minimum Gasteiger partial charge on any atom is -0.487 e. The fourth-order valence-corrected chi connectivity index (χ4v) is 6.57. The molecule has 2 aliphatic rings. The van der Waals surface area contributed by atoms with Gasteiger partial charge in [-0.15, -0.1) is 0 Å². The Bertz CT molecular complexity index is 1260. The van der Waals surface area contributed by atoms with Crippen LogP contribution >= 0.6 is 0 Å². The van der Waals surface area contributed by atoms with E-state index in [1.807, 2.05) is 36.4 Å². The van der Waals surface area contributed by atoms with Gasteiger partial charge in [0, 0.05) is 24.8 Å². The fourth-order valence-electron chi connectivity index (χ4n) is 5.74. The van der Waals surface area contributed by atoms with Crippen molar-refractivity contribution >= 4 is 15.7 Å². The summed E-state index contributed by atoms with van der Waals surface area (Å²) in [6, 6.07) is 22.2. The molecule has 2 heterocycles. The van der Waals surface area contributed by atoms with Gasteiger partial charge in [-0.3, -0.25) is 4.98 Å². The highest BCUT2D eigenvalue weighted by Gasteiger charge is 2.38. The predicted molar refractivity (Wildman–Crippen MR) is 150 cm³/mol. The van der Waals surface area contributed by atoms with Gasteiger partial charge in [0.25, 0.3) is 0 Å². The summed E-state index contributed by atoms with van der Waals surface area (Å²) in [5.74, 6) is 1.32. The van der Waals surface area contributed by atoms with E-state index in [0.717, 1.165) is 42.7 Å². The van der Waals surface area contributed by atoms with Gasteiger partial charge in [0.1, 0.15) is 12.4 Å². The lowest BCUT2D eigenvalue weighted by Crippen LogP contribution is -2.48. The van der Waals surface area contributed by atoms with E-state index in [1.54, 1.807) is 12.4 Å². The third-order valence-electron chi connectivity index (χ3n) is 7.67. The molecule has 7 nitrogen and oxygen atoms in total. The zero-order chi connectivity index (χ0) is 26.4. The quantitative estimate of drug-likeness (QED) is 0.398. The van der Waals surface area contributed by atoms with Crippen LogP contribution < -0.4 is 14.4 Å². The van der Waals surface area contributed by atoms with Gasteiger partial charge in [0.2, 0.25) is 10.0 Å². The Kier molecular flexibility index (Phi) is 8.61. The standard InChI is InChI=1S/C30H37N3O4S/c1-38(34,35)32-27-17-19-33(28-20-31-18-16-30(28)37-21-23-8-4-2-5-9-23)29(27)22-36-26-14-12-25(13-15-26)24-10-6-3-7-11-24/h2-11,16,18,20,25-27,29,32H,12-15,17,19,21-22H2,1H3/t25?,26?,27-,29-/m0/s1. The summed E-state index contributed by atoms with van der Waals surface area (Å²) in [5, 5.41) is 0. The van der Waals surface area contributed by atoms with E-state index in [4.69, 9.17) is 9.47 Å². The first-order valence-electron chi connectivity index (χ1n) is 13.5. The van der Waals surface area contributed by atoms with E-state index < -0.39 is 10.0 Å². The molecular weight excluding hydrogens is 498 g/mol. The minimum absolute atomic E-state index is 0.153. The summed E-state index contributed by atoms with van der Waals surface area (Å²) in [4.78, 5) is 6.57.